The number of benzene rings is 4. The van der Waals surface area contributed by atoms with Crippen molar-refractivity contribution in [2.75, 3.05) is 37.5 Å². The van der Waals surface area contributed by atoms with E-state index in [1.54, 1.807) is 36.3 Å². The van der Waals surface area contributed by atoms with E-state index in [2.05, 4.69) is 75.6 Å². The molecular formula is C47H66N4O5S. The number of methoxy groups -OCH3 is 1. The number of carbonyl (C=O) groups is 3. The Morgan fingerprint density at radius 2 is 1.56 bits per heavy atom. The SMILES string of the molecule is CC.CC(C)c1ccc(CNc2ccc(C3SC(CC=O)C(=O)N3c3cccc(C(N)=O)c3)cc2)cc1.CCC(C)C.CCOc1cc(CCNC)ccc1OC. The van der Waals surface area contributed by atoms with Crippen molar-refractivity contribution in [2.24, 2.45) is 11.7 Å². The lowest BCUT2D eigenvalue weighted by molar-refractivity contribution is -0.119. The van der Waals surface area contributed by atoms with Gasteiger partial charge in [0.05, 0.1) is 19.0 Å². The molecule has 1 fully saturated rings. The lowest BCUT2D eigenvalue weighted by Gasteiger charge is -2.25. The maximum absolute atomic E-state index is 13.2. The van der Waals surface area contributed by atoms with E-state index < -0.39 is 11.2 Å². The summed E-state index contributed by atoms with van der Waals surface area (Å²) in [5.74, 6) is 2.31. The highest BCUT2D eigenvalue weighted by molar-refractivity contribution is 8.01. The summed E-state index contributed by atoms with van der Waals surface area (Å²) in [7, 11) is 3.61. The maximum atomic E-state index is 13.2. The van der Waals surface area contributed by atoms with E-state index in [0.717, 1.165) is 47.9 Å². The molecule has 0 aromatic heterocycles. The Labute approximate surface area is 346 Å². The van der Waals surface area contributed by atoms with E-state index in [-0.39, 0.29) is 17.7 Å². The number of nitrogens with zero attached hydrogens (tertiary/aromatic N) is 1. The first-order valence-corrected chi connectivity index (χ1v) is 21.1. The van der Waals surface area contributed by atoms with Crippen LogP contribution in [0, 0.1) is 5.92 Å². The van der Waals surface area contributed by atoms with Gasteiger partial charge in [0.15, 0.2) is 11.5 Å². The first kappa shape index (κ1) is 48.3. The molecule has 0 aliphatic carbocycles. The third-order valence-corrected chi connectivity index (χ3v) is 10.6. The molecular weight excluding hydrogens is 733 g/mol. The van der Waals surface area contributed by atoms with E-state index in [9.17, 15) is 14.4 Å². The average Bonchev–Trinajstić information content (AvgIpc) is 3.56. The van der Waals surface area contributed by atoms with Crippen LogP contribution < -0.4 is 30.7 Å². The number of nitrogens with two attached hydrogens (primary N) is 1. The number of carbonyl (C=O) groups excluding carboxylic acids is 3. The van der Waals surface area contributed by atoms with Crippen LogP contribution >= 0.6 is 11.8 Å². The van der Waals surface area contributed by atoms with Gasteiger partial charge < -0.3 is 30.6 Å². The van der Waals surface area contributed by atoms with Crippen LogP contribution in [0.1, 0.15) is 112 Å². The molecule has 5 rings (SSSR count). The summed E-state index contributed by atoms with van der Waals surface area (Å²) in [5.41, 5.74) is 12.1. The van der Waals surface area contributed by atoms with Gasteiger partial charge in [-0.05, 0) is 103 Å². The average molecular weight is 799 g/mol. The van der Waals surface area contributed by atoms with Crippen LogP contribution in [0.25, 0.3) is 0 Å². The first-order chi connectivity index (χ1) is 27.4. The standard InChI is InChI=1S/C28H29N3O3S.C12H19NO2.C5H12.C2H6/c1-18(2)20-8-6-19(7-9-20)17-30-23-12-10-21(11-13-23)28-31(27(34)25(35-28)14-15-32)24-5-3-4-22(16-24)26(29)33;1-4-15-12-9-10(7-8-13-2)5-6-11(12)14-3;1-4-5(2)3;1-2/h3-13,15-16,18,25,28,30H,14,17H2,1-2H3,(H2,29,33);5-6,9,13H,4,7-8H2,1-3H3;5H,4H2,1-3H3;1-2H3. The second kappa shape index (κ2) is 26.2. The Bertz CT molecular complexity index is 1780. The van der Waals surface area contributed by atoms with Gasteiger partial charge in [0.25, 0.3) is 0 Å². The lowest BCUT2D eigenvalue weighted by Crippen LogP contribution is -2.31. The van der Waals surface area contributed by atoms with Gasteiger partial charge in [-0.15, -0.1) is 11.8 Å². The molecule has 0 spiro atoms. The Morgan fingerprint density at radius 1 is 0.912 bits per heavy atom. The van der Waals surface area contributed by atoms with E-state index in [4.69, 9.17) is 15.2 Å². The van der Waals surface area contributed by atoms with Crippen molar-refractivity contribution < 1.29 is 23.9 Å². The van der Waals surface area contributed by atoms with Crippen molar-refractivity contribution in [3.8, 4) is 11.5 Å². The highest BCUT2D eigenvalue weighted by atomic mass is 32.2. The third-order valence-electron chi connectivity index (χ3n) is 9.11. The molecule has 57 heavy (non-hydrogen) atoms. The fourth-order valence-corrected chi connectivity index (χ4v) is 6.89. The lowest BCUT2D eigenvalue weighted by atomic mass is 10.0. The van der Waals surface area contributed by atoms with Gasteiger partial charge in [-0.25, -0.2) is 0 Å². The number of thioether (sulfide) groups is 1. The number of rotatable bonds is 16. The number of hydrogen-bond acceptors (Lipinski definition) is 8. The van der Waals surface area contributed by atoms with Crippen LogP contribution in [-0.4, -0.2) is 50.7 Å². The van der Waals surface area contributed by atoms with E-state index in [1.165, 1.54) is 34.9 Å². The predicted octanol–water partition coefficient (Wildman–Crippen LogP) is 10.2. The Hall–Kier alpha value is -4.80. The smallest absolute Gasteiger partial charge is 0.248 e. The molecule has 2 amide bonds. The second-order valence-electron chi connectivity index (χ2n) is 13.9. The summed E-state index contributed by atoms with van der Waals surface area (Å²) in [4.78, 5) is 37.7. The quantitative estimate of drug-likeness (QED) is 0.0958. The molecule has 0 saturated carbocycles. The van der Waals surface area contributed by atoms with Crippen LogP contribution in [0.2, 0.25) is 0 Å². The molecule has 0 radical (unpaired) electrons. The van der Waals surface area contributed by atoms with Gasteiger partial charge >= 0.3 is 0 Å². The van der Waals surface area contributed by atoms with E-state index in [0.29, 0.717) is 30.3 Å². The van der Waals surface area contributed by atoms with Crippen LogP contribution in [0.3, 0.4) is 0 Å². The van der Waals surface area contributed by atoms with Crippen LogP contribution in [0.15, 0.2) is 91.0 Å². The molecule has 10 heteroatoms. The summed E-state index contributed by atoms with van der Waals surface area (Å²) in [6, 6.07) is 29.4. The normalized spacial score (nSPS) is 14.4. The largest absolute Gasteiger partial charge is 0.493 e. The van der Waals surface area contributed by atoms with E-state index >= 15 is 0 Å². The minimum Gasteiger partial charge on any atom is -0.493 e. The Kier molecular flexibility index (Phi) is 22.2. The molecule has 1 heterocycles. The molecule has 4 aromatic carbocycles. The number of likely N-dealkylation sites (N-methyl/N-ethyl adjacent to an activating group) is 1. The predicted molar refractivity (Wildman–Crippen MR) is 240 cm³/mol. The van der Waals surface area contributed by atoms with Gasteiger partial charge in [0.2, 0.25) is 11.8 Å². The van der Waals surface area contributed by atoms with Crippen molar-refractivity contribution in [3.63, 3.8) is 0 Å². The van der Waals surface area contributed by atoms with Crippen LogP contribution in [-0.2, 0) is 22.6 Å². The van der Waals surface area contributed by atoms with E-state index in [1.807, 2.05) is 64.2 Å². The van der Waals surface area contributed by atoms with Crippen molar-refractivity contribution in [1.82, 2.24) is 5.32 Å². The summed E-state index contributed by atoms with van der Waals surface area (Å²) >= 11 is 1.44. The molecule has 4 aromatic rings. The highest BCUT2D eigenvalue weighted by Gasteiger charge is 2.41. The summed E-state index contributed by atoms with van der Waals surface area (Å²) in [6.45, 7) is 19.3. The zero-order valence-corrected chi connectivity index (χ0v) is 36.6. The number of ether oxygens (including phenoxy) is 2. The molecule has 1 aliphatic heterocycles. The summed E-state index contributed by atoms with van der Waals surface area (Å²) in [6.07, 6.45) is 3.22. The third kappa shape index (κ3) is 15.6. The highest BCUT2D eigenvalue weighted by Crippen LogP contribution is 2.46. The number of amides is 2. The van der Waals surface area contributed by atoms with Crippen molar-refractivity contribution >= 4 is 41.2 Å². The summed E-state index contributed by atoms with van der Waals surface area (Å²) < 4.78 is 10.7. The topological polar surface area (TPSA) is 123 Å². The van der Waals surface area contributed by atoms with Crippen molar-refractivity contribution in [2.45, 2.75) is 97.7 Å². The molecule has 4 N–H and O–H groups in total. The molecule has 310 valence electrons. The molecule has 2 atom stereocenters. The van der Waals surface area contributed by atoms with Crippen molar-refractivity contribution in [1.29, 1.82) is 0 Å². The monoisotopic (exact) mass is 798 g/mol. The van der Waals surface area contributed by atoms with Gasteiger partial charge in [-0.1, -0.05) is 103 Å². The van der Waals surface area contributed by atoms with Crippen molar-refractivity contribution in [3.05, 3.63) is 119 Å². The second-order valence-corrected chi connectivity index (χ2v) is 15.2. The van der Waals surface area contributed by atoms with Gasteiger partial charge in [-0.2, -0.15) is 0 Å². The fraction of sp³-hybridized carbons (Fsp3) is 0.426. The van der Waals surface area contributed by atoms with Crippen LogP contribution in [0.4, 0.5) is 11.4 Å². The molecule has 1 saturated heterocycles. The zero-order valence-electron chi connectivity index (χ0n) is 35.8. The number of hydrogen-bond donors (Lipinski definition) is 3. The molecule has 9 nitrogen and oxygen atoms in total. The summed E-state index contributed by atoms with van der Waals surface area (Å²) in [5, 5.41) is 5.78. The Morgan fingerprint density at radius 3 is 2.11 bits per heavy atom. The molecule has 2 unspecified atom stereocenters. The number of anilines is 2. The fourth-order valence-electron chi connectivity index (χ4n) is 5.49. The van der Waals surface area contributed by atoms with Gasteiger partial charge in [-0.3, -0.25) is 14.5 Å². The minimum atomic E-state index is -0.554. The number of aldehydes is 1. The van der Waals surface area contributed by atoms with Gasteiger partial charge in [0.1, 0.15) is 11.7 Å². The van der Waals surface area contributed by atoms with Crippen LogP contribution in [0.5, 0.6) is 11.5 Å². The maximum Gasteiger partial charge on any atom is 0.248 e. The zero-order chi connectivity index (χ0) is 42.3. The molecule has 0 bridgehead atoms. The number of primary amides is 1. The first-order valence-electron chi connectivity index (χ1n) is 20.1. The molecule has 1 aliphatic rings. The minimum absolute atomic E-state index is 0.140. The van der Waals surface area contributed by atoms with Gasteiger partial charge in [0, 0.05) is 29.9 Å². The number of nitrogens with one attached hydrogen (secondary N) is 2. The Balaban J connectivity index is 0.000000421.